The van der Waals surface area contributed by atoms with Gasteiger partial charge in [-0.15, -0.1) is 11.3 Å². The number of nitrogens with zero attached hydrogens (tertiary/aromatic N) is 3. The zero-order valence-corrected chi connectivity index (χ0v) is 16.7. The molecule has 0 atom stereocenters. The number of amides is 1. The Morgan fingerprint density at radius 1 is 1.26 bits per heavy atom. The molecule has 11 heteroatoms. The van der Waals surface area contributed by atoms with Gasteiger partial charge in [-0.3, -0.25) is 9.59 Å². The van der Waals surface area contributed by atoms with Gasteiger partial charge in [0, 0.05) is 0 Å². The number of rotatable bonds is 6. The first kappa shape index (κ1) is 19.4. The highest BCUT2D eigenvalue weighted by molar-refractivity contribution is 7.98. The second-order valence-electron chi connectivity index (χ2n) is 5.45. The molecule has 0 unspecified atom stereocenters. The van der Waals surface area contributed by atoms with Crippen molar-refractivity contribution in [2.24, 2.45) is 0 Å². The minimum Gasteiger partial charge on any atom is -0.465 e. The smallest absolute Gasteiger partial charge is 0.350 e. The first-order valence-electron chi connectivity index (χ1n) is 8.24. The summed E-state index contributed by atoms with van der Waals surface area (Å²) in [5, 5.41) is 3.74. The summed E-state index contributed by atoms with van der Waals surface area (Å²) in [6.07, 6.45) is 1.82. The first-order valence-corrected chi connectivity index (χ1v) is 10.3. The van der Waals surface area contributed by atoms with E-state index < -0.39 is 11.9 Å². The normalized spacial score (nSPS) is 13.3. The summed E-state index contributed by atoms with van der Waals surface area (Å²) in [5.41, 5.74) is 0.326. The van der Waals surface area contributed by atoms with E-state index >= 15 is 0 Å². The quantitative estimate of drug-likeness (QED) is 0.434. The summed E-state index contributed by atoms with van der Waals surface area (Å²) in [4.78, 5) is 48.0. The summed E-state index contributed by atoms with van der Waals surface area (Å²) in [6.45, 7) is 3.64. The van der Waals surface area contributed by atoms with Crippen LogP contribution in [0.4, 0.5) is 11.5 Å². The van der Waals surface area contributed by atoms with Crippen LogP contribution < -0.4 is 10.2 Å². The lowest BCUT2D eigenvalue weighted by Crippen LogP contribution is -2.37. The predicted molar refractivity (Wildman–Crippen MR) is 103 cm³/mol. The molecular weight excluding hydrogens is 392 g/mol. The van der Waals surface area contributed by atoms with Crippen LogP contribution in [0.15, 0.2) is 5.16 Å². The van der Waals surface area contributed by atoms with Gasteiger partial charge in [0.25, 0.3) is 0 Å². The van der Waals surface area contributed by atoms with E-state index in [2.05, 4.69) is 15.3 Å². The van der Waals surface area contributed by atoms with Crippen molar-refractivity contribution >= 4 is 62.7 Å². The van der Waals surface area contributed by atoms with Gasteiger partial charge in [0.1, 0.15) is 22.1 Å². The molecule has 1 aliphatic rings. The summed E-state index contributed by atoms with van der Waals surface area (Å²) in [7, 11) is 0. The van der Waals surface area contributed by atoms with Crippen molar-refractivity contribution in [3.63, 3.8) is 0 Å². The molecule has 1 N–H and O–H groups in total. The Morgan fingerprint density at radius 2 is 2.00 bits per heavy atom. The molecule has 144 valence electrons. The Morgan fingerprint density at radius 3 is 2.67 bits per heavy atom. The summed E-state index contributed by atoms with van der Waals surface area (Å²) >= 11 is 2.46. The number of hydrogen-bond donors (Lipinski definition) is 1. The number of nitrogens with one attached hydrogen (secondary N) is 1. The van der Waals surface area contributed by atoms with Crippen molar-refractivity contribution in [1.29, 1.82) is 0 Å². The number of aromatic nitrogens is 2. The van der Waals surface area contributed by atoms with Gasteiger partial charge in [-0.05, 0) is 20.1 Å². The van der Waals surface area contributed by atoms with E-state index in [1.165, 1.54) is 16.7 Å². The van der Waals surface area contributed by atoms with Crippen LogP contribution in [0.1, 0.15) is 23.5 Å². The lowest BCUT2D eigenvalue weighted by molar-refractivity contribution is -0.141. The van der Waals surface area contributed by atoms with E-state index in [-0.39, 0.29) is 37.1 Å². The highest BCUT2D eigenvalue weighted by atomic mass is 32.2. The predicted octanol–water partition coefficient (Wildman–Crippen LogP) is 1.91. The second-order valence-corrected chi connectivity index (χ2v) is 7.22. The second kappa shape index (κ2) is 8.09. The van der Waals surface area contributed by atoms with Crippen LogP contribution in [0.25, 0.3) is 10.2 Å². The van der Waals surface area contributed by atoms with Gasteiger partial charge in [-0.2, -0.15) is 0 Å². The highest BCUT2D eigenvalue weighted by Crippen LogP contribution is 2.42. The molecule has 2 aromatic rings. The number of anilines is 2. The molecule has 3 heterocycles. The minimum absolute atomic E-state index is 0.0969. The highest BCUT2D eigenvalue weighted by Gasteiger charge is 2.31. The van der Waals surface area contributed by atoms with E-state index in [0.29, 0.717) is 26.9 Å². The maximum atomic E-state index is 12.4. The Kier molecular flexibility index (Phi) is 5.80. The third kappa shape index (κ3) is 3.83. The van der Waals surface area contributed by atoms with Crippen molar-refractivity contribution in [3.05, 3.63) is 4.88 Å². The number of carbonyl (C=O) groups is 3. The first-order chi connectivity index (χ1) is 13.0. The number of esters is 2. The van der Waals surface area contributed by atoms with E-state index in [0.717, 1.165) is 11.3 Å². The molecule has 2 aromatic heterocycles. The summed E-state index contributed by atoms with van der Waals surface area (Å²) in [6, 6.07) is 0. The average Bonchev–Trinajstić information content (AvgIpc) is 2.92. The lowest BCUT2D eigenvalue weighted by Gasteiger charge is -2.20. The fourth-order valence-corrected chi connectivity index (χ4v) is 4.10. The maximum Gasteiger partial charge on any atom is 0.350 e. The third-order valence-corrected chi connectivity index (χ3v) is 5.29. The van der Waals surface area contributed by atoms with Gasteiger partial charge >= 0.3 is 11.9 Å². The molecule has 9 nitrogen and oxygen atoms in total. The van der Waals surface area contributed by atoms with Crippen LogP contribution in [0.5, 0.6) is 0 Å². The van der Waals surface area contributed by atoms with E-state index in [4.69, 9.17) is 9.47 Å². The van der Waals surface area contributed by atoms with Crippen LogP contribution in [0.3, 0.4) is 0 Å². The Balaban J connectivity index is 2.18. The molecule has 0 aromatic carbocycles. The maximum absolute atomic E-state index is 12.4. The minimum atomic E-state index is -0.536. The van der Waals surface area contributed by atoms with E-state index in [1.807, 2.05) is 6.26 Å². The number of thiophene rings is 1. The van der Waals surface area contributed by atoms with Gasteiger partial charge in [-0.1, -0.05) is 11.8 Å². The van der Waals surface area contributed by atoms with Crippen molar-refractivity contribution in [3.8, 4) is 0 Å². The fourth-order valence-electron chi connectivity index (χ4n) is 2.66. The van der Waals surface area contributed by atoms with E-state index in [1.54, 1.807) is 13.8 Å². The molecular formula is C16H18N4O5S2. The number of ether oxygens (including phenoxy) is 2. The van der Waals surface area contributed by atoms with Crippen molar-refractivity contribution in [2.45, 2.75) is 19.0 Å². The Bertz CT molecular complexity index is 914. The summed E-state index contributed by atoms with van der Waals surface area (Å²) in [5.74, 6) is -0.954. The average molecular weight is 410 g/mol. The number of thioether (sulfide) groups is 1. The third-order valence-electron chi connectivity index (χ3n) is 3.68. The molecule has 1 amide bonds. The van der Waals surface area contributed by atoms with E-state index in [9.17, 15) is 14.4 Å². The molecule has 0 bridgehead atoms. The van der Waals surface area contributed by atoms with Gasteiger partial charge in [0.15, 0.2) is 5.16 Å². The zero-order chi connectivity index (χ0) is 19.6. The summed E-state index contributed by atoms with van der Waals surface area (Å²) < 4.78 is 10.1. The SMILES string of the molecule is CCOC(=O)CN1CC(=O)Nc2c(C(=O)OCC)sc3nc(SC)nc1c23. The van der Waals surface area contributed by atoms with Gasteiger partial charge in [0.2, 0.25) is 5.91 Å². The zero-order valence-electron chi connectivity index (χ0n) is 15.0. The lowest BCUT2D eigenvalue weighted by atomic mass is 10.2. The van der Waals surface area contributed by atoms with Crippen LogP contribution in [0, 0.1) is 0 Å². The Hall–Kier alpha value is -2.40. The van der Waals surface area contributed by atoms with Gasteiger partial charge < -0.3 is 19.7 Å². The molecule has 0 saturated carbocycles. The molecule has 0 aliphatic carbocycles. The standard InChI is InChI=1S/C16H18N4O5S2/c1-4-24-9(22)7-20-6-8(21)17-11-10-13(20)18-16(26-3)19-14(10)27-12(11)15(23)25-5-2/h4-7H2,1-3H3,(H,17,21). The number of hydrogen-bond acceptors (Lipinski definition) is 10. The topological polar surface area (TPSA) is 111 Å². The molecule has 1 aliphatic heterocycles. The molecule has 0 spiro atoms. The van der Waals surface area contributed by atoms with Crippen molar-refractivity contribution < 1.29 is 23.9 Å². The van der Waals surface area contributed by atoms with Crippen LogP contribution in [-0.2, 0) is 19.1 Å². The fraction of sp³-hybridized carbons (Fsp3) is 0.438. The molecule has 0 saturated heterocycles. The molecule has 0 fully saturated rings. The van der Waals surface area contributed by atoms with Gasteiger partial charge in [-0.25, -0.2) is 14.8 Å². The molecule has 27 heavy (non-hydrogen) atoms. The molecule has 3 rings (SSSR count). The van der Waals surface area contributed by atoms with Crippen LogP contribution >= 0.6 is 23.1 Å². The van der Waals surface area contributed by atoms with Crippen molar-refractivity contribution in [1.82, 2.24) is 9.97 Å². The monoisotopic (exact) mass is 410 g/mol. The Labute approximate surface area is 163 Å². The van der Waals surface area contributed by atoms with Crippen LogP contribution in [0.2, 0.25) is 0 Å². The van der Waals surface area contributed by atoms with Crippen LogP contribution in [-0.4, -0.2) is 60.4 Å². The number of carbonyl (C=O) groups excluding carboxylic acids is 3. The largest absolute Gasteiger partial charge is 0.465 e. The molecule has 0 radical (unpaired) electrons. The van der Waals surface area contributed by atoms with Gasteiger partial charge in [0.05, 0.1) is 30.8 Å². The van der Waals surface area contributed by atoms with Crippen molar-refractivity contribution in [2.75, 3.05) is 42.8 Å².